The van der Waals surface area contributed by atoms with Crippen molar-refractivity contribution in [3.8, 4) is 0 Å². The third-order valence-electron chi connectivity index (χ3n) is 2.91. The van der Waals surface area contributed by atoms with Crippen molar-refractivity contribution < 1.29 is 19.4 Å². The van der Waals surface area contributed by atoms with Crippen LogP contribution in [0.2, 0.25) is 0 Å². The number of benzene rings is 1. The maximum absolute atomic E-state index is 12.0. The Kier molecular flexibility index (Phi) is 5.93. The summed E-state index contributed by atoms with van der Waals surface area (Å²) >= 11 is 0. The summed E-state index contributed by atoms with van der Waals surface area (Å²) < 4.78 is 5.10. The van der Waals surface area contributed by atoms with Crippen LogP contribution in [0.5, 0.6) is 0 Å². The molecule has 0 aliphatic rings. The molecule has 2 amide bonds. The highest BCUT2D eigenvalue weighted by atomic mass is 16.6. The van der Waals surface area contributed by atoms with Crippen LogP contribution in [-0.4, -0.2) is 41.9 Å². The molecule has 22 heavy (non-hydrogen) atoms. The Morgan fingerprint density at radius 2 is 1.77 bits per heavy atom. The zero-order valence-electron chi connectivity index (χ0n) is 13.5. The molecule has 0 radical (unpaired) electrons. The van der Waals surface area contributed by atoms with Gasteiger partial charge < -0.3 is 20.5 Å². The molecular weight excluding hydrogens is 284 g/mol. The average molecular weight is 308 g/mol. The van der Waals surface area contributed by atoms with Gasteiger partial charge >= 0.3 is 6.09 Å². The van der Waals surface area contributed by atoms with Gasteiger partial charge in [-0.05, 0) is 26.3 Å². The molecule has 6 heteroatoms. The second-order valence-corrected chi connectivity index (χ2v) is 6.13. The molecule has 0 saturated carbocycles. The van der Waals surface area contributed by atoms with Crippen molar-refractivity contribution in [3.05, 3.63) is 35.9 Å². The first-order valence-corrected chi connectivity index (χ1v) is 7.12. The zero-order chi connectivity index (χ0) is 16.8. The van der Waals surface area contributed by atoms with Gasteiger partial charge in [0.1, 0.15) is 5.60 Å². The number of nitrogens with one attached hydrogen (secondary N) is 2. The molecule has 0 spiro atoms. The zero-order valence-corrected chi connectivity index (χ0v) is 13.5. The van der Waals surface area contributed by atoms with E-state index < -0.39 is 23.2 Å². The third kappa shape index (κ3) is 5.73. The maximum Gasteiger partial charge on any atom is 0.407 e. The topological polar surface area (TPSA) is 87.7 Å². The standard InChI is InChI=1S/C16H24N2O4/c1-15(2,3)22-14(20)18-11-16(21,13(19)17-4)10-12-8-6-5-7-9-12/h5-9,21H,10-11H2,1-4H3,(H,17,19)(H,18,20)/t16-/m1/s1. The maximum atomic E-state index is 12.0. The SMILES string of the molecule is CNC(=O)[C@](O)(CNC(=O)OC(C)(C)C)Cc1ccccc1. The summed E-state index contributed by atoms with van der Waals surface area (Å²) in [4.78, 5) is 23.7. The molecule has 1 rings (SSSR count). The van der Waals surface area contributed by atoms with Crippen LogP contribution in [0.15, 0.2) is 30.3 Å². The number of alkyl carbamates (subject to hydrolysis) is 1. The predicted molar refractivity (Wildman–Crippen MR) is 83.4 cm³/mol. The largest absolute Gasteiger partial charge is 0.444 e. The van der Waals surface area contributed by atoms with Crippen molar-refractivity contribution in [2.24, 2.45) is 0 Å². The first-order chi connectivity index (χ1) is 10.2. The van der Waals surface area contributed by atoms with Crippen LogP contribution in [0.3, 0.4) is 0 Å². The second kappa shape index (κ2) is 7.26. The van der Waals surface area contributed by atoms with Gasteiger partial charge in [-0.3, -0.25) is 4.79 Å². The quantitative estimate of drug-likeness (QED) is 0.763. The Balaban J connectivity index is 2.76. The number of hydrogen-bond acceptors (Lipinski definition) is 4. The molecule has 0 aliphatic heterocycles. The molecule has 3 N–H and O–H groups in total. The van der Waals surface area contributed by atoms with Crippen molar-refractivity contribution in [2.45, 2.75) is 38.4 Å². The van der Waals surface area contributed by atoms with Gasteiger partial charge in [-0.1, -0.05) is 30.3 Å². The van der Waals surface area contributed by atoms with E-state index in [1.54, 1.807) is 32.9 Å². The fourth-order valence-corrected chi connectivity index (χ4v) is 1.92. The Hall–Kier alpha value is -2.08. The van der Waals surface area contributed by atoms with Gasteiger partial charge in [0.05, 0.1) is 6.54 Å². The summed E-state index contributed by atoms with van der Waals surface area (Å²) in [7, 11) is 1.44. The Labute approximate surface area is 130 Å². The van der Waals surface area contributed by atoms with Crippen LogP contribution in [0.1, 0.15) is 26.3 Å². The lowest BCUT2D eigenvalue weighted by Crippen LogP contribution is -2.55. The highest BCUT2D eigenvalue weighted by Crippen LogP contribution is 2.14. The molecule has 0 aliphatic carbocycles. The molecule has 1 aromatic rings. The number of aliphatic hydroxyl groups is 1. The van der Waals surface area contributed by atoms with E-state index in [-0.39, 0.29) is 13.0 Å². The second-order valence-electron chi connectivity index (χ2n) is 6.13. The molecule has 122 valence electrons. The number of carbonyl (C=O) groups excluding carboxylic acids is 2. The Morgan fingerprint density at radius 3 is 2.27 bits per heavy atom. The summed E-state index contributed by atoms with van der Waals surface area (Å²) in [6, 6.07) is 9.10. The predicted octanol–water partition coefficient (Wildman–Crippen LogP) is 1.23. The summed E-state index contributed by atoms with van der Waals surface area (Å²) in [5, 5.41) is 15.5. The van der Waals surface area contributed by atoms with Gasteiger partial charge in [0.2, 0.25) is 0 Å². The van der Waals surface area contributed by atoms with Crippen molar-refractivity contribution in [1.29, 1.82) is 0 Å². The van der Waals surface area contributed by atoms with Gasteiger partial charge in [-0.15, -0.1) is 0 Å². The Morgan fingerprint density at radius 1 is 1.18 bits per heavy atom. The fourth-order valence-electron chi connectivity index (χ4n) is 1.92. The summed E-state index contributed by atoms with van der Waals surface area (Å²) in [6.45, 7) is 4.97. The van der Waals surface area contributed by atoms with Gasteiger partial charge in [0.25, 0.3) is 5.91 Å². The molecule has 6 nitrogen and oxygen atoms in total. The highest BCUT2D eigenvalue weighted by Gasteiger charge is 2.36. The number of amides is 2. The van der Waals surface area contributed by atoms with Crippen LogP contribution in [-0.2, 0) is 16.0 Å². The van der Waals surface area contributed by atoms with Crippen molar-refractivity contribution in [1.82, 2.24) is 10.6 Å². The van der Waals surface area contributed by atoms with E-state index in [0.717, 1.165) is 5.56 Å². The van der Waals surface area contributed by atoms with Crippen molar-refractivity contribution in [3.63, 3.8) is 0 Å². The van der Waals surface area contributed by atoms with Gasteiger partial charge in [-0.2, -0.15) is 0 Å². The molecule has 0 aromatic heterocycles. The molecule has 0 heterocycles. The molecule has 0 fully saturated rings. The van der Waals surface area contributed by atoms with Gasteiger partial charge in [0, 0.05) is 13.5 Å². The minimum atomic E-state index is -1.74. The van der Waals surface area contributed by atoms with Crippen molar-refractivity contribution >= 4 is 12.0 Å². The monoisotopic (exact) mass is 308 g/mol. The lowest BCUT2D eigenvalue weighted by Gasteiger charge is -2.27. The number of hydrogen-bond donors (Lipinski definition) is 3. The van der Waals surface area contributed by atoms with E-state index in [1.165, 1.54) is 7.05 Å². The number of carbonyl (C=O) groups is 2. The van der Waals surface area contributed by atoms with Crippen LogP contribution in [0, 0.1) is 0 Å². The van der Waals surface area contributed by atoms with E-state index in [1.807, 2.05) is 18.2 Å². The summed E-state index contributed by atoms with van der Waals surface area (Å²) in [5.41, 5.74) is -1.60. The number of rotatable bonds is 5. The minimum absolute atomic E-state index is 0.0866. The van der Waals surface area contributed by atoms with Crippen LogP contribution in [0.25, 0.3) is 0 Å². The molecule has 0 bridgehead atoms. The normalized spacial score (nSPS) is 13.9. The van der Waals surface area contributed by atoms with E-state index >= 15 is 0 Å². The lowest BCUT2D eigenvalue weighted by atomic mass is 9.93. The summed E-state index contributed by atoms with van der Waals surface area (Å²) in [6.07, 6.45) is -0.591. The van der Waals surface area contributed by atoms with E-state index in [9.17, 15) is 14.7 Å². The first-order valence-electron chi connectivity index (χ1n) is 7.12. The Bertz CT molecular complexity index is 511. The average Bonchev–Trinajstić information content (AvgIpc) is 2.43. The third-order valence-corrected chi connectivity index (χ3v) is 2.91. The first kappa shape index (κ1) is 18.0. The molecule has 1 aromatic carbocycles. The van der Waals surface area contributed by atoms with Gasteiger partial charge in [-0.25, -0.2) is 4.79 Å². The highest BCUT2D eigenvalue weighted by molar-refractivity contribution is 5.86. The van der Waals surface area contributed by atoms with Gasteiger partial charge in [0.15, 0.2) is 5.60 Å². The van der Waals surface area contributed by atoms with E-state index in [2.05, 4.69) is 10.6 Å². The lowest BCUT2D eigenvalue weighted by molar-refractivity contribution is -0.138. The van der Waals surface area contributed by atoms with E-state index in [4.69, 9.17) is 4.74 Å². The van der Waals surface area contributed by atoms with Crippen LogP contribution in [0.4, 0.5) is 4.79 Å². The number of likely N-dealkylation sites (N-methyl/N-ethyl adjacent to an activating group) is 1. The van der Waals surface area contributed by atoms with E-state index in [0.29, 0.717) is 0 Å². The molecular formula is C16H24N2O4. The fraction of sp³-hybridized carbons (Fsp3) is 0.500. The van der Waals surface area contributed by atoms with Crippen molar-refractivity contribution in [2.75, 3.05) is 13.6 Å². The molecule has 0 saturated heterocycles. The summed E-state index contributed by atoms with van der Waals surface area (Å²) in [5.74, 6) is -0.563. The van der Waals surface area contributed by atoms with Crippen LogP contribution >= 0.6 is 0 Å². The molecule has 0 unspecified atom stereocenters. The number of ether oxygens (including phenoxy) is 1. The smallest absolute Gasteiger partial charge is 0.407 e. The van der Waals surface area contributed by atoms with Crippen LogP contribution < -0.4 is 10.6 Å². The minimum Gasteiger partial charge on any atom is -0.444 e. The molecule has 1 atom stereocenters.